The van der Waals surface area contributed by atoms with Gasteiger partial charge in [0.15, 0.2) is 0 Å². The molecular weight excluding hydrogens is 246 g/mol. The average molecular weight is 261 g/mol. The molecule has 19 heavy (non-hydrogen) atoms. The van der Waals surface area contributed by atoms with Gasteiger partial charge in [0.2, 0.25) is 11.8 Å². The van der Waals surface area contributed by atoms with Crippen LogP contribution in [0.4, 0.5) is 10.5 Å². The first-order chi connectivity index (χ1) is 8.91. The van der Waals surface area contributed by atoms with Crippen molar-refractivity contribution in [2.75, 3.05) is 4.90 Å². The number of pyridine rings is 1. The molecule has 1 unspecified atom stereocenters. The molecule has 1 aliphatic rings. The molecule has 0 aromatic carbocycles. The van der Waals surface area contributed by atoms with Crippen LogP contribution < -0.4 is 10.2 Å². The number of aryl methyl sites for hydroxylation is 1. The van der Waals surface area contributed by atoms with Crippen molar-refractivity contribution in [2.45, 2.75) is 20.8 Å². The Labute approximate surface area is 110 Å². The highest BCUT2D eigenvalue weighted by Crippen LogP contribution is 2.24. The Morgan fingerprint density at radius 2 is 1.95 bits per heavy atom. The zero-order valence-electron chi connectivity index (χ0n) is 11.0. The van der Waals surface area contributed by atoms with E-state index in [4.69, 9.17) is 0 Å². The number of hydrogen-bond donors (Lipinski definition) is 1. The lowest BCUT2D eigenvalue weighted by atomic mass is 9.92. The van der Waals surface area contributed by atoms with E-state index in [0.29, 0.717) is 5.69 Å². The van der Waals surface area contributed by atoms with Gasteiger partial charge in [-0.3, -0.25) is 19.9 Å². The van der Waals surface area contributed by atoms with E-state index in [-0.39, 0.29) is 5.92 Å². The van der Waals surface area contributed by atoms with Gasteiger partial charge in [-0.25, -0.2) is 9.69 Å². The van der Waals surface area contributed by atoms with E-state index in [0.717, 1.165) is 10.6 Å². The molecule has 2 heterocycles. The van der Waals surface area contributed by atoms with Crippen LogP contribution in [0, 0.1) is 18.8 Å². The van der Waals surface area contributed by atoms with Crippen molar-refractivity contribution in [1.29, 1.82) is 0 Å². The van der Waals surface area contributed by atoms with Crippen molar-refractivity contribution in [1.82, 2.24) is 10.3 Å². The van der Waals surface area contributed by atoms with E-state index in [2.05, 4.69) is 10.3 Å². The molecule has 0 spiro atoms. The van der Waals surface area contributed by atoms with Gasteiger partial charge in [0, 0.05) is 5.69 Å². The maximum atomic E-state index is 12.3. The first-order valence-electron chi connectivity index (χ1n) is 6.03. The molecular formula is C13H15N3O3. The molecule has 100 valence electrons. The molecule has 0 aliphatic carbocycles. The standard InChI is InChI=1S/C13H15N3O3/c1-7(2)10-11(17)15-13(19)16(12(10)18)9-5-4-8(3)14-6-9/h4-7,10H,1-3H3,(H,15,17,19). The molecule has 0 saturated carbocycles. The lowest BCUT2D eigenvalue weighted by molar-refractivity contribution is -0.136. The first kappa shape index (κ1) is 13.2. The van der Waals surface area contributed by atoms with Gasteiger partial charge in [-0.05, 0) is 25.0 Å². The number of urea groups is 1. The summed E-state index contributed by atoms with van der Waals surface area (Å²) >= 11 is 0. The molecule has 1 N–H and O–H groups in total. The van der Waals surface area contributed by atoms with Crippen LogP contribution in [0.25, 0.3) is 0 Å². The van der Waals surface area contributed by atoms with Crippen molar-refractivity contribution in [3.05, 3.63) is 24.0 Å². The molecule has 1 aromatic rings. The number of carbonyl (C=O) groups is 3. The zero-order valence-corrected chi connectivity index (χ0v) is 11.0. The highest BCUT2D eigenvalue weighted by atomic mass is 16.2. The largest absolute Gasteiger partial charge is 0.335 e. The third-order valence-electron chi connectivity index (χ3n) is 3.02. The number of nitrogens with one attached hydrogen (secondary N) is 1. The van der Waals surface area contributed by atoms with Crippen molar-refractivity contribution < 1.29 is 14.4 Å². The fourth-order valence-electron chi connectivity index (χ4n) is 2.02. The van der Waals surface area contributed by atoms with E-state index >= 15 is 0 Å². The van der Waals surface area contributed by atoms with Gasteiger partial charge < -0.3 is 0 Å². The van der Waals surface area contributed by atoms with E-state index in [1.165, 1.54) is 6.20 Å². The Bertz CT molecular complexity index is 537. The number of anilines is 1. The number of barbiturate groups is 1. The quantitative estimate of drug-likeness (QED) is 0.812. The molecule has 4 amide bonds. The van der Waals surface area contributed by atoms with Gasteiger partial charge in [0.25, 0.3) is 0 Å². The molecule has 1 aliphatic heterocycles. The fraction of sp³-hybridized carbons (Fsp3) is 0.385. The summed E-state index contributed by atoms with van der Waals surface area (Å²) in [7, 11) is 0. The number of rotatable bonds is 2. The van der Waals surface area contributed by atoms with Crippen molar-refractivity contribution in [3.8, 4) is 0 Å². The van der Waals surface area contributed by atoms with Crippen LogP contribution in [0.15, 0.2) is 18.3 Å². The van der Waals surface area contributed by atoms with Crippen molar-refractivity contribution >= 4 is 23.5 Å². The van der Waals surface area contributed by atoms with E-state index in [1.807, 2.05) is 6.92 Å². The molecule has 1 aromatic heterocycles. The summed E-state index contributed by atoms with van der Waals surface area (Å²) < 4.78 is 0. The third-order valence-corrected chi connectivity index (χ3v) is 3.02. The predicted molar refractivity (Wildman–Crippen MR) is 68.3 cm³/mol. The maximum Gasteiger partial charge on any atom is 0.335 e. The summed E-state index contributed by atoms with van der Waals surface area (Å²) in [5, 5.41) is 2.20. The summed E-state index contributed by atoms with van der Waals surface area (Å²) in [5.41, 5.74) is 1.15. The van der Waals surface area contributed by atoms with Gasteiger partial charge in [0.05, 0.1) is 11.9 Å². The number of hydrogen-bond acceptors (Lipinski definition) is 4. The van der Waals surface area contributed by atoms with Gasteiger partial charge >= 0.3 is 6.03 Å². The van der Waals surface area contributed by atoms with Gasteiger partial charge in [0.1, 0.15) is 5.92 Å². The van der Waals surface area contributed by atoms with Crippen LogP contribution in [0.2, 0.25) is 0 Å². The van der Waals surface area contributed by atoms with Crippen LogP contribution in [-0.4, -0.2) is 22.8 Å². The minimum atomic E-state index is -0.848. The van der Waals surface area contributed by atoms with Gasteiger partial charge in [-0.2, -0.15) is 0 Å². The molecule has 1 atom stereocenters. The molecule has 0 bridgehead atoms. The minimum absolute atomic E-state index is 0.179. The van der Waals surface area contributed by atoms with Crippen LogP contribution in [0.1, 0.15) is 19.5 Å². The van der Waals surface area contributed by atoms with E-state index in [1.54, 1.807) is 26.0 Å². The Hall–Kier alpha value is -2.24. The molecule has 2 rings (SSSR count). The molecule has 1 fully saturated rings. The molecule has 1 saturated heterocycles. The second-order valence-electron chi connectivity index (χ2n) is 4.85. The van der Waals surface area contributed by atoms with E-state index < -0.39 is 23.8 Å². The number of nitrogens with zero attached hydrogens (tertiary/aromatic N) is 2. The van der Waals surface area contributed by atoms with Crippen LogP contribution in [0.5, 0.6) is 0 Å². The second kappa shape index (κ2) is 4.79. The Morgan fingerprint density at radius 3 is 2.47 bits per heavy atom. The zero-order chi connectivity index (χ0) is 14.2. The lowest BCUT2D eigenvalue weighted by Gasteiger charge is -2.31. The summed E-state index contributed by atoms with van der Waals surface area (Å²) in [5.74, 6) is -2.07. The highest BCUT2D eigenvalue weighted by molar-refractivity contribution is 6.27. The number of carbonyl (C=O) groups excluding carboxylic acids is 3. The maximum absolute atomic E-state index is 12.3. The summed E-state index contributed by atoms with van der Waals surface area (Å²) in [6, 6.07) is 2.61. The fourth-order valence-corrected chi connectivity index (χ4v) is 2.02. The minimum Gasteiger partial charge on any atom is -0.277 e. The average Bonchev–Trinajstić information content (AvgIpc) is 2.30. The van der Waals surface area contributed by atoms with Crippen LogP contribution in [-0.2, 0) is 9.59 Å². The number of amides is 4. The Kier molecular flexibility index (Phi) is 3.33. The van der Waals surface area contributed by atoms with Crippen molar-refractivity contribution in [3.63, 3.8) is 0 Å². The van der Waals surface area contributed by atoms with Crippen LogP contribution >= 0.6 is 0 Å². The van der Waals surface area contributed by atoms with Gasteiger partial charge in [-0.1, -0.05) is 13.8 Å². The summed E-state index contributed by atoms with van der Waals surface area (Å²) in [6.45, 7) is 5.34. The number of aromatic nitrogens is 1. The predicted octanol–water partition coefficient (Wildman–Crippen LogP) is 1.25. The van der Waals surface area contributed by atoms with Crippen molar-refractivity contribution in [2.24, 2.45) is 11.8 Å². The third kappa shape index (κ3) is 2.33. The molecule has 6 nitrogen and oxygen atoms in total. The smallest absolute Gasteiger partial charge is 0.277 e. The first-order valence-corrected chi connectivity index (χ1v) is 6.03. The number of imide groups is 2. The summed E-state index contributed by atoms with van der Waals surface area (Å²) in [4.78, 5) is 40.8. The second-order valence-corrected chi connectivity index (χ2v) is 4.85. The molecule has 6 heteroatoms. The summed E-state index contributed by atoms with van der Waals surface area (Å²) in [6.07, 6.45) is 1.44. The Balaban J connectivity index is 2.38. The highest BCUT2D eigenvalue weighted by Gasteiger charge is 2.42. The monoisotopic (exact) mass is 261 g/mol. The van der Waals surface area contributed by atoms with Gasteiger partial charge in [-0.15, -0.1) is 0 Å². The molecule has 0 radical (unpaired) electrons. The SMILES string of the molecule is Cc1ccc(N2C(=O)NC(=O)C(C(C)C)C2=O)cn1. The topological polar surface area (TPSA) is 79.4 Å². The normalized spacial score (nSPS) is 19.9. The van der Waals surface area contributed by atoms with Crippen LogP contribution in [0.3, 0.4) is 0 Å². The Morgan fingerprint density at radius 1 is 1.26 bits per heavy atom. The van der Waals surface area contributed by atoms with E-state index in [9.17, 15) is 14.4 Å². The lowest BCUT2D eigenvalue weighted by Crippen LogP contribution is -2.59.